The Kier molecular flexibility index (Phi) is 6.32. The molecule has 176 valence electrons. The SMILES string of the molecule is CCOc1cc(C=Nn2c(-c3cc4cc(Cl)ccc4o3)nc3ccccc3c2=O)cc(Br)c1OC. The lowest BCUT2D eigenvalue weighted by atomic mass is 10.2. The van der Waals surface area contributed by atoms with Gasteiger partial charge in [0.15, 0.2) is 17.3 Å². The van der Waals surface area contributed by atoms with Crippen LogP contribution in [0.1, 0.15) is 12.5 Å². The highest BCUT2D eigenvalue weighted by molar-refractivity contribution is 9.10. The summed E-state index contributed by atoms with van der Waals surface area (Å²) in [7, 11) is 1.57. The van der Waals surface area contributed by atoms with E-state index in [1.54, 1.807) is 61.9 Å². The second-order valence-corrected chi connectivity index (χ2v) is 8.86. The van der Waals surface area contributed by atoms with Crippen LogP contribution in [-0.2, 0) is 0 Å². The van der Waals surface area contributed by atoms with Crippen LogP contribution in [-0.4, -0.2) is 29.6 Å². The molecule has 0 saturated carbocycles. The molecule has 0 aliphatic carbocycles. The maximum atomic E-state index is 13.4. The van der Waals surface area contributed by atoms with E-state index in [-0.39, 0.29) is 11.4 Å². The number of rotatable bonds is 6. The van der Waals surface area contributed by atoms with Crippen LogP contribution in [0, 0.1) is 0 Å². The van der Waals surface area contributed by atoms with Crippen LogP contribution in [0.25, 0.3) is 33.5 Å². The Morgan fingerprint density at radius 1 is 1.17 bits per heavy atom. The number of nitrogens with zero attached hydrogens (tertiary/aromatic N) is 3. The second-order valence-electron chi connectivity index (χ2n) is 7.57. The maximum absolute atomic E-state index is 13.4. The van der Waals surface area contributed by atoms with Crippen LogP contribution in [0.15, 0.2) is 79.4 Å². The number of fused-ring (bicyclic) bond motifs is 2. The molecule has 2 aromatic heterocycles. The Morgan fingerprint density at radius 2 is 2.00 bits per heavy atom. The number of ether oxygens (including phenoxy) is 2. The average molecular weight is 553 g/mol. The van der Waals surface area contributed by atoms with Gasteiger partial charge in [-0.1, -0.05) is 23.7 Å². The van der Waals surface area contributed by atoms with Crippen molar-refractivity contribution in [2.24, 2.45) is 5.10 Å². The van der Waals surface area contributed by atoms with Gasteiger partial charge in [-0.2, -0.15) is 9.78 Å². The molecule has 5 rings (SSSR count). The molecular weight excluding hydrogens is 534 g/mol. The highest BCUT2D eigenvalue weighted by atomic mass is 79.9. The summed E-state index contributed by atoms with van der Waals surface area (Å²) in [4.78, 5) is 18.1. The van der Waals surface area contributed by atoms with Gasteiger partial charge in [0.25, 0.3) is 5.56 Å². The Morgan fingerprint density at radius 3 is 2.80 bits per heavy atom. The Labute approximate surface area is 213 Å². The number of halogens is 2. The Hall–Kier alpha value is -3.62. The van der Waals surface area contributed by atoms with Gasteiger partial charge < -0.3 is 13.9 Å². The van der Waals surface area contributed by atoms with Gasteiger partial charge in [0, 0.05) is 10.4 Å². The highest BCUT2D eigenvalue weighted by Gasteiger charge is 2.17. The van der Waals surface area contributed by atoms with E-state index < -0.39 is 0 Å². The third kappa shape index (κ3) is 4.42. The van der Waals surface area contributed by atoms with Gasteiger partial charge in [-0.05, 0) is 76.9 Å². The molecule has 0 spiro atoms. The van der Waals surface area contributed by atoms with Crippen LogP contribution < -0.4 is 15.0 Å². The van der Waals surface area contributed by atoms with Gasteiger partial charge in [0.05, 0.1) is 35.3 Å². The summed E-state index contributed by atoms with van der Waals surface area (Å²) in [6.45, 7) is 2.36. The van der Waals surface area contributed by atoms with Crippen molar-refractivity contribution < 1.29 is 13.9 Å². The third-order valence-corrected chi connectivity index (χ3v) is 6.13. The zero-order chi connectivity index (χ0) is 24.5. The molecule has 0 radical (unpaired) electrons. The molecule has 0 fully saturated rings. The molecule has 0 amide bonds. The number of hydrogen-bond donors (Lipinski definition) is 0. The standard InChI is InChI=1S/C26H19BrClN3O4/c1-3-34-22-11-15(10-19(27)24(22)33-2)14-29-31-25(30-20-7-5-4-6-18(20)26(31)32)23-13-16-12-17(28)8-9-21(16)35-23/h4-14H,3H2,1-2H3. The quantitative estimate of drug-likeness (QED) is 0.224. The molecular formula is C26H19BrClN3O4. The third-order valence-electron chi connectivity index (χ3n) is 5.31. The molecule has 7 nitrogen and oxygen atoms in total. The molecule has 0 bridgehead atoms. The fourth-order valence-corrected chi connectivity index (χ4v) is 4.56. The predicted molar refractivity (Wildman–Crippen MR) is 141 cm³/mol. The minimum absolute atomic E-state index is 0.273. The summed E-state index contributed by atoms with van der Waals surface area (Å²) in [6.07, 6.45) is 1.56. The van der Waals surface area contributed by atoms with Gasteiger partial charge in [-0.3, -0.25) is 4.79 Å². The van der Waals surface area contributed by atoms with E-state index in [0.717, 1.165) is 5.39 Å². The van der Waals surface area contributed by atoms with E-state index in [1.807, 2.05) is 19.1 Å². The fraction of sp³-hybridized carbons (Fsp3) is 0.115. The van der Waals surface area contributed by atoms with Crippen molar-refractivity contribution in [1.29, 1.82) is 0 Å². The number of aromatic nitrogens is 2. The van der Waals surface area contributed by atoms with E-state index in [0.29, 0.717) is 55.4 Å². The first-order valence-corrected chi connectivity index (χ1v) is 11.9. The van der Waals surface area contributed by atoms with E-state index in [9.17, 15) is 4.79 Å². The van der Waals surface area contributed by atoms with Crippen LogP contribution in [0.3, 0.4) is 0 Å². The topological polar surface area (TPSA) is 78.9 Å². The summed E-state index contributed by atoms with van der Waals surface area (Å²) in [5.74, 6) is 1.81. The molecule has 5 aromatic rings. The zero-order valence-corrected chi connectivity index (χ0v) is 21.1. The Bertz CT molecular complexity index is 1660. The van der Waals surface area contributed by atoms with Crippen LogP contribution in [0.2, 0.25) is 5.02 Å². The molecule has 2 heterocycles. The van der Waals surface area contributed by atoms with Crippen molar-refractivity contribution in [3.63, 3.8) is 0 Å². The van der Waals surface area contributed by atoms with Gasteiger partial charge in [-0.15, -0.1) is 0 Å². The molecule has 0 N–H and O–H groups in total. The molecule has 9 heteroatoms. The van der Waals surface area contributed by atoms with Crippen molar-refractivity contribution in [2.45, 2.75) is 6.92 Å². The minimum Gasteiger partial charge on any atom is -0.492 e. The fourth-order valence-electron chi connectivity index (χ4n) is 3.76. The summed E-state index contributed by atoms with van der Waals surface area (Å²) < 4.78 is 19.1. The lowest BCUT2D eigenvalue weighted by Crippen LogP contribution is -2.20. The average Bonchev–Trinajstić information content (AvgIpc) is 3.26. The van der Waals surface area contributed by atoms with Crippen LogP contribution in [0.4, 0.5) is 0 Å². The number of benzene rings is 3. The number of furan rings is 1. The Balaban J connectivity index is 1.69. The lowest BCUT2D eigenvalue weighted by Gasteiger charge is -2.12. The van der Waals surface area contributed by atoms with Crippen molar-refractivity contribution in [1.82, 2.24) is 9.66 Å². The first kappa shape index (κ1) is 23.1. The predicted octanol–water partition coefficient (Wildman–Crippen LogP) is 6.52. The molecule has 0 saturated heterocycles. The van der Waals surface area contributed by atoms with Gasteiger partial charge in [0.1, 0.15) is 5.58 Å². The summed E-state index contributed by atoms with van der Waals surface area (Å²) in [5.41, 5.74) is 1.55. The molecule has 0 aliphatic heterocycles. The maximum Gasteiger partial charge on any atom is 0.282 e. The van der Waals surface area contributed by atoms with Gasteiger partial charge in [0.2, 0.25) is 5.82 Å². The van der Waals surface area contributed by atoms with Crippen molar-refractivity contribution in [2.75, 3.05) is 13.7 Å². The van der Waals surface area contributed by atoms with E-state index in [2.05, 4.69) is 21.0 Å². The number of methoxy groups -OCH3 is 1. The molecule has 0 unspecified atom stereocenters. The summed E-state index contributed by atoms with van der Waals surface area (Å²) in [5, 5.41) is 6.33. The number of hydrogen-bond acceptors (Lipinski definition) is 6. The summed E-state index contributed by atoms with van der Waals surface area (Å²) >= 11 is 9.64. The molecule has 3 aromatic carbocycles. The molecule has 0 atom stereocenters. The highest BCUT2D eigenvalue weighted by Crippen LogP contribution is 2.36. The summed E-state index contributed by atoms with van der Waals surface area (Å²) in [6, 6.07) is 17.8. The zero-order valence-electron chi connectivity index (χ0n) is 18.8. The van der Waals surface area contributed by atoms with Crippen molar-refractivity contribution in [3.05, 3.63) is 86.1 Å². The molecule has 35 heavy (non-hydrogen) atoms. The number of para-hydroxylation sites is 1. The normalized spacial score (nSPS) is 11.5. The first-order valence-electron chi connectivity index (χ1n) is 10.7. The monoisotopic (exact) mass is 551 g/mol. The van der Waals surface area contributed by atoms with E-state index in [4.69, 9.17) is 30.5 Å². The van der Waals surface area contributed by atoms with Crippen molar-refractivity contribution in [3.8, 4) is 23.1 Å². The first-order chi connectivity index (χ1) is 17.0. The van der Waals surface area contributed by atoms with E-state index >= 15 is 0 Å². The van der Waals surface area contributed by atoms with Crippen LogP contribution in [0.5, 0.6) is 11.5 Å². The minimum atomic E-state index is -0.321. The van der Waals surface area contributed by atoms with Crippen molar-refractivity contribution >= 4 is 55.6 Å². The largest absolute Gasteiger partial charge is 0.492 e. The smallest absolute Gasteiger partial charge is 0.282 e. The second kappa shape index (κ2) is 9.56. The van der Waals surface area contributed by atoms with Gasteiger partial charge in [-0.25, -0.2) is 4.98 Å². The molecule has 0 aliphatic rings. The van der Waals surface area contributed by atoms with E-state index in [1.165, 1.54) is 4.68 Å². The van der Waals surface area contributed by atoms with Gasteiger partial charge >= 0.3 is 0 Å². The lowest BCUT2D eigenvalue weighted by molar-refractivity contribution is 0.310. The van der Waals surface area contributed by atoms with Crippen LogP contribution >= 0.6 is 27.5 Å².